The molecular weight excluding hydrogens is 240 g/mol. The van der Waals surface area contributed by atoms with Gasteiger partial charge in [-0.2, -0.15) is 0 Å². The Bertz CT molecular complexity index is 439. The van der Waals surface area contributed by atoms with Crippen molar-refractivity contribution in [2.75, 3.05) is 26.0 Å². The molecule has 1 N–H and O–H groups in total. The van der Waals surface area contributed by atoms with Crippen LogP contribution in [0, 0.1) is 5.92 Å². The summed E-state index contributed by atoms with van der Waals surface area (Å²) in [5.41, 5.74) is -0.0343. The highest BCUT2D eigenvalue weighted by atomic mass is 16.1. The van der Waals surface area contributed by atoms with Gasteiger partial charge < -0.3 is 14.8 Å². The topological polar surface area (TPSA) is 50.2 Å². The number of hydrogen-bond acceptors (Lipinski definition) is 4. The standard InChI is InChI=1S/C14H26N4O/c1-11(2)10-18-9-7-15-13(14(18)19)16-12(3)6-8-17(4)5/h7,9,11-12H,6,8,10H2,1-5H3,(H,15,16). The Morgan fingerprint density at radius 2 is 2.05 bits per heavy atom. The van der Waals surface area contributed by atoms with E-state index >= 15 is 0 Å². The van der Waals surface area contributed by atoms with Gasteiger partial charge in [-0.15, -0.1) is 0 Å². The first-order valence-electron chi connectivity index (χ1n) is 6.87. The summed E-state index contributed by atoms with van der Waals surface area (Å²) in [4.78, 5) is 18.5. The van der Waals surface area contributed by atoms with Crippen LogP contribution in [0.15, 0.2) is 17.2 Å². The van der Waals surface area contributed by atoms with Gasteiger partial charge in [-0.05, 0) is 39.9 Å². The molecule has 0 bridgehead atoms. The fourth-order valence-corrected chi connectivity index (χ4v) is 1.84. The molecule has 1 aromatic rings. The third kappa shape index (κ3) is 5.42. The maximum atomic E-state index is 12.2. The highest BCUT2D eigenvalue weighted by molar-refractivity contribution is 5.31. The molecule has 0 spiro atoms. The predicted molar refractivity (Wildman–Crippen MR) is 79.6 cm³/mol. The number of hydrogen-bond donors (Lipinski definition) is 1. The van der Waals surface area contributed by atoms with Gasteiger partial charge in [0.05, 0.1) is 0 Å². The van der Waals surface area contributed by atoms with E-state index in [-0.39, 0.29) is 11.6 Å². The van der Waals surface area contributed by atoms with E-state index in [0.29, 0.717) is 11.7 Å². The van der Waals surface area contributed by atoms with E-state index < -0.39 is 0 Å². The molecule has 1 unspecified atom stereocenters. The van der Waals surface area contributed by atoms with Gasteiger partial charge in [0.1, 0.15) is 0 Å². The SMILES string of the molecule is CC(C)Cn1ccnc(NC(C)CCN(C)C)c1=O. The molecule has 0 saturated heterocycles. The Hall–Kier alpha value is -1.36. The van der Waals surface area contributed by atoms with Gasteiger partial charge in [-0.25, -0.2) is 4.98 Å². The van der Waals surface area contributed by atoms with E-state index in [9.17, 15) is 4.79 Å². The minimum absolute atomic E-state index is 0.0343. The first kappa shape index (κ1) is 15.7. The number of aromatic nitrogens is 2. The molecular formula is C14H26N4O. The van der Waals surface area contributed by atoms with Gasteiger partial charge in [0.25, 0.3) is 5.56 Å². The average molecular weight is 266 g/mol. The highest BCUT2D eigenvalue weighted by Gasteiger charge is 2.09. The Balaban J connectivity index is 2.70. The van der Waals surface area contributed by atoms with E-state index in [4.69, 9.17) is 0 Å². The van der Waals surface area contributed by atoms with Crippen molar-refractivity contribution < 1.29 is 0 Å². The van der Waals surface area contributed by atoms with Crippen LogP contribution in [0.3, 0.4) is 0 Å². The minimum atomic E-state index is -0.0343. The lowest BCUT2D eigenvalue weighted by Gasteiger charge is -2.17. The summed E-state index contributed by atoms with van der Waals surface area (Å²) in [5.74, 6) is 0.897. The van der Waals surface area contributed by atoms with Crippen LogP contribution in [0.2, 0.25) is 0 Å². The lowest BCUT2D eigenvalue weighted by molar-refractivity contribution is 0.390. The highest BCUT2D eigenvalue weighted by Crippen LogP contribution is 2.02. The van der Waals surface area contributed by atoms with E-state index in [1.165, 1.54) is 0 Å². The summed E-state index contributed by atoms with van der Waals surface area (Å²) < 4.78 is 1.72. The third-order valence-electron chi connectivity index (χ3n) is 2.87. The quantitative estimate of drug-likeness (QED) is 0.815. The second kappa shape index (κ2) is 7.28. The maximum absolute atomic E-state index is 12.2. The molecule has 0 aromatic carbocycles. The number of anilines is 1. The zero-order valence-corrected chi connectivity index (χ0v) is 12.7. The van der Waals surface area contributed by atoms with Crippen LogP contribution >= 0.6 is 0 Å². The van der Waals surface area contributed by atoms with E-state index in [1.54, 1.807) is 17.0 Å². The zero-order chi connectivity index (χ0) is 14.4. The van der Waals surface area contributed by atoms with Gasteiger partial charge in [-0.3, -0.25) is 4.79 Å². The lowest BCUT2D eigenvalue weighted by atomic mass is 10.2. The van der Waals surface area contributed by atoms with Gasteiger partial charge >= 0.3 is 0 Å². The van der Waals surface area contributed by atoms with Crippen LogP contribution in [0.4, 0.5) is 5.82 Å². The summed E-state index contributed by atoms with van der Waals surface area (Å²) in [6.07, 6.45) is 4.41. The van der Waals surface area contributed by atoms with Crippen molar-refractivity contribution >= 4 is 5.82 Å². The molecule has 0 radical (unpaired) electrons. The molecule has 0 amide bonds. The Morgan fingerprint density at radius 3 is 2.63 bits per heavy atom. The molecule has 0 saturated carbocycles. The van der Waals surface area contributed by atoms with Gasteiger partial charge in [-0.1, -0.05) is 13.8 Å². The first-order chi connectivity index (χ1) is 8.90. The smallest absolute Gasteiger partial charge is 0.293 e. The fourth-order valence-electron chi connectivity index (χ4n) is 1.84. The van der Waals surface area contributed by atoms with Crippen LogP contribution in [0.5, 0.6) is 0 Å². The van der Waals surface area contributed by atoms with E-state index in [2.05, 4.69) is 36.0 Å². The fraction of sp³-hybridized carbons (Fsp3) is 0.714. The molecule has 108 valence electrons. The Morgan fingerprint density at radius 1 is 1.37 bits per heavy atom. The van der Waals surface area contributed by atoms with Crippen molar-refractivity contribution in [1.82, 2.24) is 14.5 Å². The third-order valence-corrected chi connectivity index (χ3v) is 2.87. The van der Waals surface area contributed by atoms with Crippen molar-refractivity contribution in [2.24, 2.45) is 5.92 Å². The number of nitrogens with zero attached hydrogens (tertiary/aromatic N) is 3. The summed E-state index contributed by atoms with van der Waals surface area (Å²) in [6, 6.07) is 0.234. The van der Waals surface area contributed by atoms with Crippen LogP contribution in [0.1, 0.15) is 27.2 Å². The molecule has 19 heavy (non-hydrogen) atoms. The Labute approximate surface area is 115 Å². The second-order valence-corrected chi connectivity index (χ2v) is 5.76. The molecule has 1 aromatic heterocycles. The summed E-state index contributed by atoms with van der Waals surface area (Å²) in [7, 11) is 4.09. The van der Waals surface area contributed by atoms with Crippen LogP contribution in [0.25, 0.3) is 0 Å². The molecule has 1 heterocycles. The van der Waals surface area contributed by atoms with Crippen LogP contribution in [-0.4, -0.2) is 41.1 Å². The van der Waals surface area contributed by atoms with Crippen molar-refractivity contribution in [3.63, 3.8) is 0 Å². The second-order valence-electron chi connectivity index (χ2n) is 5.76. The number of nitrogens with one attached hydrogen (secondary N) is 1. The van der Waals surface area contributed by atoms with Crippen molar-refractivity contribution in [1.29, 1.82) is 0 Å². The summed E-state index contributed by atoms with van der Waals surface area (Å²) >= 11 is 0. The van der Waals surface area contributed by atoms with Gasteiger partial charge in [0.2, 0.25) is 0 Å². The van der Waals surface area contributed by atoms with Crippen LogP contribution < -0.4 is 10.9 Å². The maximum Gasteiger partial charge on any atom is 0.293 e. The molecule has 5 nitrogen and oxygen atoms in total. The molecule has 1 atom stereocenters. The first-order valence-corrected chi connectivity index (χ1v) is 6.87. The molecule has 0 fully saturated rings. The summed E-state index contributed by atoms with van der Waals surface area (Å²) in [5, 5.41) is 3.21. The lowest BCUT2D eigenvalue weighted by Crippen LogP contribution is -2.30. The van der Waals surface area contributed by atoms with E-state index in [0.717, 1.165) is 19.5 Å². The molecule has 5 heteroatoms. The summed E-state index contributed by atoms with van der Waals surface area (Å²) in [6.45, 7) is 7.98. The molecule has 1 rings (SSSR count). The largest absolute Gasteiger partial charge is 0.363 e. The van der Waals surface area contributed by atoms with Gasteiger partial charge in [0, 0.05) is 25.0 Å². The minimum Gasteiger partial charge on any atom is -0.363 e. The molecule has 0 aliphatic carbocycles. The zero-order valence-electron chi connectivity index (χ0n) is 12.7. The van der Waals surface area contributed by atoms with Crippen LogP contribution in [-0.2, 0) is 6.54 Å². The van der Waals surface area contributed by atoms with Gasteiger partial charge in [0.15, 0.2) is 5.82 Å². The molecule has 0 aliphatic heterocycles. The van der Waals surface area contributed by atoms with Crippen molar-refractivity contribution in [3.8, 4) is 0 Å². The van der Waals surface area contributed by atoms with Crippen molar-refractivity contribution in [2.45, 2.75) is 39.8 Å². The number of rotatable bonds is 7. The van der Waals surface area contributed by atoms with Crippen molar-refractivity contribution in [3.05, 3.63) is 22.7 Å². The Kier molecular flexibility index (Phi) is 6.02. The predicted octanol–water partition coefficient (Wildman–Crippen LogP) is 1.65. The normalized spacial score (nSPS) is 13.0. The average Bonchev–Trinajstić information content (AvgIpc) is 2.31. The monoisotopic (exact) mass is 266 g/mol. The molecule has 0 aliphatic rings. The van der Waals surface area contributed by atoms with E-state index in [1.807, 2.05) is 14.1 Å².